The summed E-state index contributed by atoms with van der Waals surface area (Å²) >= 11 is 1.67. The van der Waals surface area contributed by atoms with Gasteiger partial charge in [0.05, 0.1) is 10.2 Å². The zero-order valence-corrected chi connectivity index (χ0v) is 9.64. The molecule has 0 aliphatic carbocycles. The minimum Gasteiger partial charge on any atom is -0.367 e. The molecule has 0 fully saturated rings. The normalized spacial score (nSPS) is 12.9. The molecule has 2 heterocycles. The Labute approximate surface area is 92.8 Å². The summed E-state index contributed by atoms with van der Waals surface area (Å²) < 4.78 is 1.13. The van der Waals surface area contributed by atoms with Gasteiger partial charge >= 0.3 is 0 Å². The summed E-state index contributed by atoms with van der Waals surface area (Å²) in [4.78, 5) is 8.44. The summed E-state index contributed by atoms with van der Waals surface area (Å²) in [5.74, 6) is 0.928. The number of anilines is 1. The largest absolute Gasteiger partial charge is 0.367 e. The highest BCUT2D eigenvalue weighted by atomic mass is 32.1. The Bertz CT molecular complexity index is 440. The number of hydrogen-bond acceptors (Lipinski definition) is 5. The number of aromatic nitrogens is 2. The van der Waals surface area contributed by atoms with E-state index in [2.05, 4.69) is 27.5 Å². The zero-order valence-electron chi connectivity index (χ0n) is 8.82. The molecule has 2 N–H and O–H groups in total. The van der Waals surface area contributed by atoms with E-state index < -0.39 is 0 Å². The van der Waals surface area contributed by atoms with Crippen molar-refractivity contribution in [1.82, 2.24) is 15.3 Å². The monoisotopic (exact) mass is 222 g/mol. The minimum atomic E-state index is 0.426. The van der Waals surface area contributed by atoms with Crippen LogP contribution in [0.3, 0.4) is 0 Å². The van der Waals surface area contributed by atoms with Crippen LogP contribution in [0.5, 0.6) is 0 Å². The maximum atomic E-state index is 4.25. The van der Waals surface area contributed by atoms with Crippen molar-refractivity contribution in [3.8, 4) is 0 Å². The van der Waals surface area contributed by atoms with Crippen LogP contribution < -0.4 is 10.6 Å². The molecule has 0 spiro atoms. The van der Waals surface area contributed by atoms with E-state index in [1.54, 1.807) is 17.7 Å². The van der Waals surface area contributed by atoms with E-state index in [9.17, 15) is 0 Å². The Morgan fingerprint density at radius 1 is 1.47 bits per heavy atom. The lowest BCUT2D eigenvalue weighted by Gasteiger charge is -2.11. The van der Waals surface area contributed by atoms with Crippen molar-refractivity contribution in [1.29, 1.82) is 0 Å². The molecular weight excluding hydrogens is 208 g/mol. The topological polar surface area (TPSA) is 49.8 Å². The third-order valence-corrected chi connectivity index (χ3v) is 3.22. The van der Waals surface area contributed by atoms with Gasteiger partial charge in [0.2, 0.25) is 0 Å². The van der Waals surface area contributed by atoms with Gasteiger partial charge in [-0.15, -0.1) is 11.3 Å². The summed E-state index contributed by atoms with van der Waals surface area (Å²) in [7, 11) is 1.95. The summed E-state index contributed by atoms with van der Waals surface area (Å²) in [6.45, 7) is 2.99. The van der Waals surface area contributed by atoms with Crippen LogP contribution in [-0.2, 0) is 0 Å². The molecule has 0 saturated heterocycles. The van der Waals surface area contributed by atoms with Gasteiger partial charge in [0.15, 0.2) is 0 Å². The van der Waals surface area contributed by atoms with Crippen LogP contribution in [-0.4, -0.2) is 29.6 Å². The average Bonchev–Trinajstić information content (AvgIpc) is 2.74. The number of thiophene rings is 1. The third kappa shape index (κ3) is 2.24. The molecule has 0 saturated carbocycles. The second-order valence-corrected chi connectivity index (χ2v) is 4.34. The van der Waals surface area contributed by atoms with Crippen molar-refractivity contribution in [3.63, 3.8) is 0 Å². The summed E-state index contributed by atoms with van der Waals surface area (Å²) in [6, 6.07) is 2.43. The molecule has 15 heavy (non-hydrogen) atoms. The highest BCUT2D eigenvalue weighted by Crippen LogP contribution is 2.24. The van der Waals surface area contributed by atoms with Gasteiger partial charge in [-0.05, 0) is 25.4 Å². The molecule has 0 amide bonds. The first-order valence-corrected chi connectivity index (χ1v) is 5.78. The lowest BCUT2D eigenvalue weighted by molar-refractivity contribution is 0.637. The van der Waals surface area contributed by atoms with E-state index >= 15 is 0 Å². The Morgan fingerprint density at radius 2 is 2.33 bits per heavy atom. The Kier molecular flexibility index (Phi) is 3.13. The van der Waals surface area contributed by atoms with Crippen LogP contribution in [0, 0.1) is 0 Å². The summed E-state index contributed by atoms with van der Waals surface area (Å²) in [5, 5.41) is 8.53. The van der Waals surface area contributed by atoms with Gasteiger partial charge in [-0.1, -0.05) is 0 Å². The number of nitrogens with zero attached hydrogens (tertiary/aromatic N) is 2. The van der Waals surface area contributed by atoms with E-state index in [-0.39, 0.29) is 0 Å². The van der Waals surface area contributed by atoms with E-state index in [1.165, 1.54) is 0 Å². The quantitative estimate of drug-likeness (QED) is 0.827. The lowest BCUT2D eigenvalue weighted by Crippen LogP contribution is -2.29. The first-order chi connectivity index (χ1) is 7.31. The van der Waals surface area contributed by atoms with Crippen LogP contribution in [0.2, 0.25) is 0 Å². The molecule has 80 valence electrons. The number of likely N-dealkylation sites (N-methyl/N-ethyl adjacent to an activating group) is 1. The first kappa shape index (κ1) is 10.3. The van der Waals surface area contributed by atoms with E-state index in [0.29, 0.717) is 6.04 Å². The molecular formula is C10H14N4S. The zero-order chi connectivity index (χ0) is 10.7. The Balaban J connectivity index is 2.17. The molecule has 2 aromatic rings. The molecule has 4 nitrogen and oxygen atoms in total. The van der Waals surface area contributed by atoms with Gasteiger partial charge in [-0.3, -0.25) is 0 Å². The number of hydrogen-bond donors (Lipinski definition) is 2. The highest BCUT2D eigenvalue weighted by molar-refractivity contribution is 7.17. The molecule has 2 rings (SSSR count). The van der Waals surface area contributed by atoms with E-state index in [4.69, 9.17) is 0 Å². The van der Waals surface area contributed by atoms with Gasteiger partial charge in [0, 0.05) is 12.6 Å². The van der Waals surface area contributed by atoms with E-state index in [0.717, 1.165) is 22.6 Å². The first-order valence-electron chi connectivity index (χ1n) is 4.90. The molecule has 0 aliphatic heterocycles. The Morgan fingerprint density at radius 3 is 3.13 bits per heavy atom. The smallest absolute Gasteiger partial charge is 0.147 e. The molecule has 2 aromatic heterocycles. The average molecular weight is 222 g/mol. The molecule has 1 unspecified atom stereocenters. The molecule has 1 atom stereocenters. The second kappa shape index (κ2) is 4.55. The third-order valence-electron chi connectivity index (χ3n) is 2.31. The van der Waals surface area contributed by atoms with Crippen molar-refractivity contribution < 1.29 is 0 Å². The van der Waals surface area contributed by atoms with E-state index in [1.807, 2.05) is 18.5 Å². The van der Waals surface area contributed by atoms with Crippen molar-refractivity contribution >= 4 is 27.4 Å². The van der Waals surface area contributed by atoms with Gasteiger partial charge < -0.3 is 10.6 Å². The fraction of sp³-hybridized carbons (Fsp3) is 0.400. The summed E-state index contributed by atoms with van der Waals surface area (Å²) in [6.07, 6.45) is 1.60. The predicted molar refractivity (Wildman–Crippen MR) is 64.4 cm³/mol. The molecule has 0 radical (unpaired) electrons. The van der Waals surface area contributed by atoms with Crippen LogP contribution in [0.4, 0.5) is 5.82 Å². The fourth-order valence-electron chi connectivity index (χ4n) is 1.27. The number of rotatable bonds is 4. The molecule has 5 heteroatoms. The number of fused-ring (bicyclic) bond motifs is 1. The van der Waals surface area contributed by atoms with Crippen LogP contribution >= 0.6 is 11.3 Å². The lowest BCUT2D eigenvalue weighted by atomic mass is 10.3. The van der Waals surface area contributed by atoms with Gasteiger partial charge in [-0.25, -0.2) is 9.97 Å². The maximum Gasteiger partial charge on any atom is 0.147 e. The standard InChI is InChI=1S/C10H14N4S/c1-7(11-2)5-12-10-9-8(3-4-15-9)13-6-14-10/h3-4,6-7,11H,5H2,1-2H3,(H,12,13,14). The van der Waals surface area contributed by atoms with Crippen LogP contribution in [0.1, 0.15) is 6.92 Å². The van der Waals surface area contributed by atoms with Crippen LogP contribution in [0.25, 0.3) is 10.2 Å². The van der Waals surface area contributed by atoms with Crippen LogP contribution in [0.15, 0.2) is 17.8 Å². The van der Waals surface area contributed by atoms with Gasteiger partial charge in [0.1, 0.15) is 12.1 Å². The highest BCUT2D eigenvalue weighted by Gasteiger charge is 2.05. The second-order valence-electron chi connectivity index (χ2n) is 3.43. The van der Waals surface area contributed by atoms with Gasteiger partial charge in [-0.2, -0.15) is 0 Å². The molecule has 0 aromatic carbocycles. The minimum absolute atomic E-state index is 0.426. The SMILES string of the molecule is CNC(C)CNc1ncnc2ccsc12. The van der Waals surface area contributed by atoms with Crippen molar-refractivity contribution in [2.75, 3.05) is 18.9 Å². The Hall–Kier alpha value is -1.20. The molecule has 0 bridgehead atoms. The van der Waals surface area contributed by atoms with Crippen molar-refractivity contribution in [2.45, 2.75) is 13.0 Å². The van der Waals surface area contributed by atoms with Crippen molar-refractivity contribution in [3.05, 3.63) is 17.8 Å². The fourth-order valence-corrected chi connectivity index (χ4v) is 2.08. The number of nitrogens with one attached hydrogen (secondary N) is 2. The van der Waals surface area contributed by atoms with Gasteiger partial charge in [0.25, 0.3) is 0 Å². The predicted octanol–water partition coefficient (Wildman–Crippen LogP) is 1.71. The summed E-state index contributed by atoms with van der Waals surface area (Å²) in [5.41, 5.74) is 1.01. The molecule has 0 aliphatic rings. The maximum absolute atomic E-state index is 4.25. The van der Waals surface area contributed by atoms with Crippen molar-refractivity contribution in [2.24, 2.45) is 0 Å².